The lowest BCUT2D eigenvalue weighted by molar-refractivity contribution is -0.137. The molecular formula is C20H28O4. The quantitative estimate of drug-likeness (QED) is 0.453. The summed E-state index contributed by atoms with van der Waals surface area (Å²) in [5.74, 6) is 4.81. The summed E-state index contributed by atoms with van der Waals surface area (Å²) in [7, 11) is 0. The van der Waals surface area contributed by atoms with Crippen LogP contribution in [0.25, 0.3) is 0 Å². The number of hydrogen-bond donors (Lipinski definition) is 3. The van der Waals surface area contributed by atoms with Crippen LogP contribution in [0.3, 0.4) is 0 Å². The van der Waals surface area contributed by atoms with Crippen LogP contribution in [0.15, 0.2) is 24.3 Å². The molecule has 3 N–H and O–H groups in total. The first kappa shape index (κ1) is 20.2. The zero-order valence-electron chi connectivity index (χ0n) is 14.4. The van der Waals surface area contributed by atoms with Crippen molar-refractivity contribution >= 4 is 5.97 Å². The Hall–Kier alpha value is -1.83. The minimum absolute atomic E-state index is 0.0563. The molecule has 0 bridgehead atoms. The minimum Gasteiger partial charge on any atom is -0.481 e. The summed E-state index contributed by atoms with van der Waals surface area (Å²) in [5.41, 5.74) is 1.96. The van der Waals surface area contributed by atoms with Gasteiger partial charge in [-0.2, -0.15) is 0 Å². The van der Waals surface area contributed by atoms with Gasteiger partial charge in [0, 0.05) is 12.8 Å². The molecule has 24 heavy (non-hydrogen) atoms. The van der Waals surface area contributed by atoms with Gasteiger partial charge in [0.1, 0.15) is 6.10 Å². The highest BCUT2D eigenvalue weighted by molar-refractivity contribution is 5.66. The highest BCUT2D eigenvalue weighted by Gasteiger charge is 2.06. The van der Waals surface area contributed by atoms with Crippen molar-refractivity contribution in [1.29, 1.82) is 0 Å². The van der Waals surface area contributed by atoms with Crippen LogP contribution in [0.2, 0.25) is 0 Å². The third kappa shape index (κ3) is 8.71. The predicted molar refractivity (Wildman–Crippen MR) is 94.5 cm³/mol. The molecule has 132 valence electrons. The molecule has 0 aliphatic heterocycles. The molecule has 4 heteroatoms. The zero-order valence-corrected chi connectivity index (χ0v) is 14.4. The van der Waals surface area contributed by atoms with E-state index in [9.17, 15) is 15.0 Å². The summed E-state index contributed by atoms with van der Waals surface area (Å²) in [6, 6.07) is 7.75. The van der Waals surface area contributed by atoms with Crippen molar-refractivity contribution in [1.82, 2.24) is 0 Å². The molecule has 0 aliphatic rings. The highest BCUT2D eigenvalue weighted by Crippen LogP contribution is 2.20. The minimum atomic E-state index is -0.855. The maximum atomic E-state index is 10.4. The fraction of sp³-hybridized carbons (Fsp3) is 0.550. The third-order valence-electron chi connectivity index (χ3n) is 3.87. The Morgan fingerprint density at radius 2 is 1.79 bits per heavy atom. The van der Waals surface area contributed by atoms with Crippen LogP contribution >= 0.6 is 0 Å². The van der Waals surface area contributed by atoms with E-state index in [1.807, 2.05) is 24.3 Å². The van der Waals surface area contributed by atoms with E-state index in [2.05, 4.69) is 18.8 Å². The average Bonchev–Trinajstić information content (AvgIpc) is 2.55. The second-order valence-corrected chi connectivity index (χ2v) is 6.05. The molecule has 2 unspecified atom stereocenters. The summed E-state index contributed by atoms with van der Waals surface area (Å²) in [5, 5.41) is 28.3. The standard InChI is InChI=1S/C20H28O4/c1-2-3-4-10-19(22)17-14-12-16(13-15-17)7-5-8-18(21)9-6-11-20(23)24/h12-15,18-19,21-22H,2-4,6-7,9-11H2,1H3,(H,23,24). The fourth-order valence-corrected chi connectivity index (χ4v) is 2.40. The second-order valence-electron chi connectivity index (χ2n) is 6.05. The maximum absolute atomic E-state index is 10.4. The molecule has 1 aromatic rings. The Labute approximate surface area is 144 Å². The Morgan fingerprint density at radius 1 is 1.08 bits per heavy atom. The van der Waals surface area contributed by atoms with E-state index in [1.54, 1.807) is 0 Å². The van der Waals surface area contributed by atoms with Crippen LogP contribution in [0.5, 0.6) is 0 Å². The number of aliphatic hydroxyl groups is 2. The third-order valence-corrected chi connectivity index (χ3v) is 3.87. The van der Waals surface area contributed by atoms with Crippen molar-refractivity contribution in [2.24, 2.45) is 0 Å². The molecule has 0 aromatic heterocycles. The Kier molecular flexibility index (Phi) is 9.83. The van der Waals surface area contributed by atoms with Crippen molar-refractivity contribution in [3.63, 3.8) is 0 Å². The number of benzene rings is 1. The lowest BCUT2D eigenvalue weighted by Crippen LogP contribution is -2.04. The number of carbonyl (C=O) groups is 1. The molecule has 1 rings (SSSR count). The molecule has 0 saturated heterocycles. The summed E-state index contributed by atoms with van der Waals surface area (Å²) in [4.78, 5) is 10.4. The van der Waals surface area contributed by atoms with Gasteiger partial charge >= 0.3 is 5.97 Å². The van der Waals surface area contributed by atoms with E-state index in [0.717, 1.165) is 36.8 Å². The van der Waals surface area contributed by atoms with E-state index in [0.29, 0.717) is 19.3 Å². The maximum Gasteiger partial charge on any atom is 0.303 e. The van der Waals surface area contributed by atoms with Gasteiger partial charge in [0.05, 0.1) is 6.10 Å². The van der Waals surface area contributed by atoms with E-state index in [4.69, 9.17) is 5.11 Å². The number of unbranched alkanes of at least 4 members (excludes halogenated alkanes) is 2. The Morgan fingerprint density at radius 3 is 2.42 bits per heavy atom. The lowest BCUT2D eigenvalue weighted by Gasteiger charge is -2.10. The molecule has 0 spiro atoms. The van der Waals surface area contributed by atoms with Gasteiger partial charge in [-0.25, -0.2) is 0 Å². The van der Waals surface area contributed by atoms with Crippen molar-refractivity contribution in [3.05, 3.63) is 35.4 Å². The molecule has 1 aromatic carbocycles. The topological polar surface area (TPSA) is 77.8 Å². The van der Waals surface area contributed by atoms with Gasteiger partial charge < -0.3 is 15.3 Å². The molecule has 0 aliphatic carbocycles. The average molecular weight is 332 g/mol. The van der Waals surface area contributed by atoms with Gasteiger partial charge in [0.2, 0.25) is 0 Å². The SMILES string of the molecule is CCCCCC(O)c1ccc(CC#CC(O)CCCC(=O)O)cc1. The summed E-state index contributed by atoms with van der Waals surface area (Å²) in [6.45, 7) is 2.14. The van der Waals surface area contributed by atoms with Crippen LogP contribution in [0, 0.1) is 11.8 Å². The summed E-state index contributed by atoms with van der Waals surface area (Å²) >= 11 is 0. The first-order valence-electron chi connectivity index (χ1n) is 8.68. The number of aliphatic carboxylic acids is 1. The van der Waals surface area contributed by atoms with Crippen molar-refractivity contribution in [2.75, 3.05) is 0 Å². The number of rotatable bonds is 10. The molecule has 0 amide bonds. The number of aliphatic hydroxyl groups excluding tert-OH is 2. The molecule has 0 saturated carbocycles. The lowest BCUT2D eigenvalue weighted by atomic mass is 10.0. The van der Waals surface area contributed by atoms with Crippen LogP contribution in [0.1, 0.15) is 69.1 Å². The van der Waals surface area contributed by atoms with Crippen LogP contribution in [-0.4, -0.2) is 27.4 Å². The number of carboxylic acids is 1. The largest absolute Gasteiger partial charge is 0.481 e. The number of hydrogen-bond acceptors (Lipinski definition) is 3. The van der Waals surface area contributed by atoms with Gasteiger partial charge in [-0.15, -0.1) is 0 Å². The van der Waals surface area contributed by atoms with Crippen molar-refractivity contribution in [2.45, 2.75) is 70.5 Å². The van der Waals surface area contributed by atoms with Crippen LogP contribution < -0.4 is 0 Å². The van der Waals surface area contributed by atoms with Crippen molar-refractivity contribution in [3.8, 4) is 11.8 Å². The van der Waals surface area contributed by atoms with Crippen molar-refractivity contribution < 1.29 is 20.1 Å². The van der Waals surface area contributed by atoms with E-state index >= 15 is 0 Å². The van der Waals surface area contributed by atoms with Gasteiger partial charge in [0.25, 0.3) is 0 Å². The first-order valence-corrected chi connectivity index (χ1v) is 8.68. The second kappa shape index (κ2) is 11.7. The van der Waals surface area contributed by atoms with Crippen LogP contribution in [0.4, 0.5) is 0 Å². The number of carboxylic acid groups (broad SMARTS) is 1. The molecule has 0 radical (unpaired) electrons. The predicted octanol–water partition coefficient (Wildman–Crippen LogP) is 3.46. The fourth-order valence-electron chi connectivity index (χ4n) is 2.40. The first-order chi connectivity index (χ1) is 11.5. The van der Waals surface area contributed by atoms with Gasteiger partial charge in [0.15, 0.2) is 0 Å². The normalized spacial score (nSPS) is 13.0. The van der Waals surface area contributed by atoms with Gasteiger partial charge in [-0.05, 0) is 30.4 Å². The molecular weight excluding hydrogens is 304 g/mol. The molecule has 0 fully saturated rings. The Balaban J connectivity index is 2.39. The van der Waals surface area contributed by atoms with Gasteiger partial charge in [-0.3, -0.25) is 4.79 Å². The smallest absolute Gasteiger partial charge is 0.303 e. The zero-order chi connectivity index (χ0) is 17.8. The van der Waals surface area contributed by atoms with E-state index < -0.39 is 18.2 Å². The molecule has 0 heterocycles. The summed E-state index contributed by atoms with van der Waals surface area (Å²) < 4.78 is 0. The molecule has 4 nitrogen and oxygen atoms in total. The van der Waals surface area contributed by atoms with Gasteiger partial charge in [-0.1, -0.05) is 62.3 Å². The van der Waals surface area contributed by atoms with E-state index in [1.165, 1.54) is 0 Å². The van der Waals surface area contributed by atoms with E-state index in [-0.39, 0.29) is 6.42 Å². The highest BCUT2D eigenvalue weighted by atomic mass is 16.4. The monoisotopic (exact) mass is 332 g/mol. The summed E-state index contributed by atoms with van der Waals surface area (Å²) in [6.07, 6.45) is 4.31. The molecule has 2 atom stereocenters. The van der Waals surface area contributed by atoms with Crippen LogP contribution in [-0.2, 0) is 11.2 Å². The Bertz CT molecular complexity index is 539.